The first-order valence-electron chi connectivity index (χ1n) is 3.40. The predicted octanol–water partition coefficient (Wildman–Crippen LogP) is -0.154. The van der Waals surface area contributed by atoms with Crippen LogP contribution in [0.3, 0.4) is 0 Å². The average Bonchev–Trinajstić information content (AvgIpc) is 2.66. The maximum atomic E-state index is 11.1. The molecular weight excluding hydrogens is 192 g/mol. The van der Waals surface area contributed by atoms with E-state index in [1.807, 2.05) is 0 Å². The summed E-state index contributed by atoms with van der Waals surface area (Å²) >= 11 is 1.19. The van der Waals surface area contributed by atoms with Crippen LogP contribution in [0.1, 0.15) is 10.5 Å². The van der Waals surface area contributed by atoms with Crippen LogP contribution in [0.4, 0.5) is 0 Å². The molecule has 5 nitrogen and oxygen atoms in total. The molecule has 0 atom stereocenters. The van der Waals surface area contributed by atoms with Crippen LogP contribution in [0.15, 0.2) is 5.51 Å². The highest BCUT2D eigenvalue weighted by Gasteiger charge is 2.09. The Kier molecular flexibility index (Phi) is 3.39. The summed E-state index contributed by atoms with van der Waals surface area (Å²) < 4.78 is 4.34. The summed E-state index contributed by atoms with van der Waals surface area (Å²) in [6.07, 6.45) is 0. The molecule has 0 bridgehead atoms. The van der Waals surface area contributed by atoms with Gasteiger partial charge in [-0.25, -0.2) is 4.98 Å². The quantitative estimate of drug-likeness (QED) is 0.687. The fraction of sp³-hybridized carbons (Fsp3) is 0.286. The van der Waals surface area contributed by atoms with Crippen LogP contribution in [0.5, 0.6) is 0 Å². The highest BCUT2D eigenvalue weighted by atomic mass is 32.1. The lowest BCUT2D eigenvalue weighted by atomic mass is 10.4. The summed E-state index contributed by atoms with van der Waals surface area (Å²) in [5.41, 5.74) is 1.68. The molecule has 1 aromatic heterocycles. The molecule has 69 valence electrons. The molecule has 1 rings (SSSR count). The Labute approximate surface area is 78.7 Å². The molecule has 0 aromatic carbocycles. The number of carbonyl (C=O) groups is 2. The second-order valence-corrected chi connectivity index (χ2v) is 2.71. The van der Waals surface area contributed by atoms with Crippen molar-refractivity contribution in [3.8, 4) is 0 Å². The maximum absolute atomic E-state index is 11.1. The van der Waals surface area contributed by atoms with E-state index in [-0.39, 0.29) is 12.2 Å². The van der Waals surface area contributed by atoms with E-state index in [1.54, 1.807) is 0 Å². The monoisotopic (exact) mass is 199 g/mol. The summed E-state index contributed by atoms with van der Waals surface area (Å²) in [6, 6.07) is 0. The molecule has 0 aliphatic heterocycles. The zero-order chi connectivity index (χ0) is 9.68. The van der Waals surface area contributed by atoms with Gasteiger partial charge in [0.1, 0.15) is 12.2 Å². The van der Waals surface area contributed by atoms with Gasteiger partial charge in [-0.15, -0.1) is 11.3 Å². The Balaban J connectivity index is 2.39. The first-order chi connectivity index (χ1) is 6.24. The summed E-state index contributed by atoms with van der Waals surface area (Å²) in [5.74, 6) is -0.921. The van der Waals surface area contributed by atoms with Gasteiger partial charge in [-0.1, -0.05) is 0 Å². The van der Waals surface area contributed by atoms with E-state index < -0.39 is 11.9 Å². The van der Waals surface area contributed by atoms with Crippen LogP contribution < -0.4 is 5.32 Å². The highest BCUT2D eigenvalue weighted by molar-refractivity contribution is 7.07. The van der Waals surface area contributed by atoms with Gasteiger partial charge in [0.2, 0.25) is 0 Å². The average molecular weight is 199 g/mol. The van der Waals surface area contributed by atoms with Crippen molar-refractivity contribution in [1.82, 2.24) is 10.3 Å². The molecule has 0 aliphatic carbocycles. The summed E-state index contributed by atoms with van der Waals surface area (Å²) in [6.45, 7) is -0.152. The molecule has 1 aromatic rings. The van der Waals surface area contributed by atoms with Crippen molar-refractivity contribution in [1.29, 1.82) is 0 Å². The third-order valence-electron chi connectivity index (χ3n) is 1.23. The molecule has 0 fully saturated rings. The molecule has 1 amide bonds. The number of ether oxygens (including phenoxy) is 1. The molecule has 0 aliphatic rings. The molecule has 13 heavy (non-hydrogen) atoms. The maximum Gasteiger partial charge on any atom is 0.325 e. The number of hydrogen-bond acceptors (Lipinski definition) is 5. The van der Waals surface area contributed by atoms with Crippen molar-refractivity contribution in [3.63, 3.8) is 0 Å². The van der Waals surface area contributed by atoms with E-state index in [0.717, 1.165) is 0 Å². The molecule has 0 unspecified atom stereocenters. The molecule has 1 N–H and O–H groups in total. The molecular formula is C7H7N2O3S. The lowest BCUT2D eigenvalue weighted by Gasteiger charge is -1.99. The van der Waals surface area contributed by atoms with Crippen molar-refractivity contribution in [2.45, 2.75) is 0 Å². The van der Waals surface area contributed by atoms with Gasteiger partial charge in [-0.3, -0.25) is 9.59 Å². The number of methoxy groups -OCH3 is 1. The van der Waals surface area contributed by atoms with Gasteiger partial charge in [0, 0.05) is 0 Å². The third kappa shape index (κ3) is 2.83. The minimum atomic E-state index is -0.497. The Morgan fingerprint density at radius 1 is 1.77 bits per heavy atom. The molecule has 0 spiro atoms. The Morgan fingerprint density at radius 2 is 2.54 bits per heavy atom. The van der Waals surface area contributed by atoms with E-state index in [1.165, 1.54) is 24.0 Å². The minimum Gasteiger partial charge on any atom is -0.468 e. The lowest BCUT2D eigenvalue weighted by molar-refractivity contribution is -0.139. The van der Waals surface area contributed by atoms with E-state index in [0.29, 0.717) is 0 Å². The number of nitrogens with one attached hydrogen (secondary N) is 1. The van der Waals surface area contributed by atoms with E-state index in [2.05, 4.69) is 20.4 Å². The van der Waals surface area contributed by atoms with Crippen LogP contribution >= 0.6 is 11.3 Å². The summed E-state index contributed by atoms with van der Waals surface area (Å²) in [5, 5.41) is 4.98. The minimum absolute atomic E-state index is 0.152. The molecule has 6 heteroatoms. The number of rotatable bonds is 3. The number of aromatic nitrogens is 1. The van der Waals surface area contributed by atoms with Gasteiger partial charge in [-0.05, 0) is 0 Å². The van der Waals surface area contributed by atoms with Crippen LogP contribution in [-0.4, -0.2) is 30.5 Å². The normalized spacial score (nSPS) is 9.31. The predicted molar refractivity (Wildman–Crippen MR) is 45.3 cm³/mol. The lowest BCUT2D eigenvalue weighted by Crippen LogP contribution is -2.30. The van der Waals surface area contributed by atoms with E-state index in [4.69, 9.17) is 0 Å². The van der Waals surface area contributed by atoms with Crippen LogP contribution in [0.25, 0.3) is 0 Å². The first kappa shape index (κ1) is 9.66. The zero-order valence-electron chi connectivity index (χ0n) is 6.86. The van der Waals surface area contributed by atoms with Gasteiger partial charge in [0.05, 0.1) is 18.0 Å². The molecule has 1 heterocycles. The summed E-state index contributed by atoms with van der Waals surface area (Å²) in [4.78, 5) is 25.5. The van der Waals surface area contributed by atoms with E-state index in [9.17, 15) is 9.59 Å². The number of thiazole rings is 1. The van der Waals surface area contributed by atoms with Crippen molar-refractivity contribution in [2.24, 2.45) is 0 Å². The SMILES string of the molecule is COC(=O)CNC(=O)c1[c]scn1. The van der Waals surface area contributed by atoms with Crippen molar-refractivity contribution < 1.29 is 14.3 Å². The highest BCUT2D eigenvalue weighted by Crippen LogP contribution is 1.98. The number of hydrogen-bond donors (Lipinski definition) is 1. The van der Waals surface area contributed by atoms with Crippen LogP contribution in [-0.2, 0) is 9.53 Å². The number of carbonyl (C=O) groups excluding carboxylic acids is 2. The Morgan fingerprint density at radius 3 is 3.08 bits per heavy atom. The Hall–Kier alpha value is -1.43. The standard InChI is InChI=1S/C7H7N2O3S/c1-12-6(10)2-8-7(11)5-3-13-4-9-5/h4H,2H2,1H3,(H,8,11). The van der Waals surface area contributed by atoms with Gasteiger partial charge >= 0.3 is 5.97 Å². The molecule has 0 saturated carbocycles. The zero-order valence-corrected chi connectivity index (χ0v) is 7.68. The Bertz CT molecular complexity index is 297. The number of esters is 1. The first-order valence-corrected chi connectivity index (χ1v) is 4.28. The smallest absolute Gasteiger partial charge is 0.325 e. The van der Waals surface area contributed by atoms with Gasteiger partial charge < -0.3 is 10.1 Å². The fourth-order valence-electron chi connectivity index (χ4n) is 0.601. The van der Waals surface area contributed by atoms with Gasteiger partial charge in [-0.2, -0.15) is 0 Å². The van der Waals surface area contributed by atoms with Crippen molar-refractivity contribution >= 4 is 23.2 Å². The second-order valence-electron chi connectivity index (χ2n) is 2.06. The fourth-order valence-corrected chi connectivity index (χ4v) is 1.07. The summed E-state index contributed by atoms with van der Waals surface area (Å²) in [7, 11) is 1.25. The largest absolute Gasteiger partial charge is 0.468 e. The topological polar surface area (TPSA) is 68.3 Å². The van der Waals surface area contributed by atoms with Crippen molar-refractivity contribution in [3.05, 3.63) is 16.6 Å². The number of nitrogens with zero attached hydrogens (tertiary/aromatic N) is 1. The third-order valence-corrected chi connectivity index (χ3v) is 1.75. The molecule has 0 saturated heterocycles. The van der Waals surface area contributed by atoms with Crippen molar-refractivity contribution in [2.75, 3.05) is 13.7 Å². The second kappa shape index (κ2) is 4.56. The van der Waals surface area contributed by atoms with E-state index >= 15 is 0 Å². The van der Waals surface area contributed by atoms with Crippen LogP contribution in [0.2, 0.25) is 0 Å². The van der Waals surface area contributed by atoms with Gasteiger partial charge in [0.15, 0.2) is 0 Å². The molecule has 1 radical (unpaired) electrons. The van der Waals surface area contributed by atoms with Crippen LogP contribution in [0, 0.1) is 5.38 Å². The number of amides is 1. The van der Waals surface area contributed by atoms with Gasteiger partial charge in [0.25, 0.3) is 5.91 Å².